The Bertz CT molecular complexity index is 152. The summed E-state index contributed by atoms with van der Waals surface area (Å²) in [6.07, 6.45) is 0. The molecular formula is C12H28N2O2. The summed E-state index contributed by atoms with van der Waals surface area (Å²) in [6.45, 7) is 9.27. The monoisotopic (exact) mass is 232 g/mol. The van der Waals surface area contributed by atoms with Crippen LogP contribution in [-0.2, 0) is 9.47 Å². The van der Waals surface area contributed by atoms with Gasteiger partial charge in [-0.05, 0) is 35.0 Å². The summed E-state index contributed by atoms with van der Waals surface area (Å²) in [5, 5.41) is 0. The summed E-state index contributed by atoms with van der Waals surface area (Å²) < 4.78 is 10.9. The molecular weight excluding hydrogens is 204 g/mol. The van der Waals surface area contributed by atoms with Gasteiger partial charge >= 0.3 is 0 Å². The van der Waals surface area contributed by atoms with Gasteiger partial charge in [-0.15, -0.1) is 0 Å². The quantitative estimate of drug-likeness (QED) is 0.523. The Balaban J connectivity index is 3.10. The Kier molecular flexibility index (Phi) is 9.92. The lowest BCUT2D eigenvalue weighted by Crippen LogP contribution is -2.30. The normalized spacial score (nSPS) is 12.0. The van der Waals surface area contributed by atoms with E-state index in [0.29, 0.717) is 19.3 Å². The summed E-state index contributed by atoms with van der Waals surface area (Å²) in [4.78, 5) is 4.38. The second-order valence-electron chi connectivity index (χ2n) is 4.60. The number of hydrogen-bond acceptors (Lipinski definition) is 4. The zero-order chi connectivity index (χ0) is 12.4. The van der Waals surface area contributed by atoms with Gasteiger partial charge in [0, 0.05) is 19.1 Å². The van der Waals surface area contributed by atoms with Gasteiger partial charge in [0.25, 0.3) is 0 Å². The van der Waals surface area contributed by atoms with Gasteiger partial charge in [-0.3, -0.25) is 0 Å². The minimum Gasteiger partial charge on any atom is -0.378 e. The fourth-order valence-corrected chi connectivity index (χ4v) is 1.04. The third-order valence-corrected chi connectivity index (χ3v) is 2.52. The summed E-state index contributed by atoms with van der Waals surface area (Å²) in [5.74, 6) is 0. The van der Waals surface area contributed by atoms with Gasteiger partial charge < -0.3 is 19.3 Å². The van der Waals surface area contributed by atoms with E-state index in [4.69, 9.17) is 9.47 Å². The number of likely N-dealkylation sites (N-methyl/N-ethyl adjacent to an activating group) is 2. The van der Waals surface area contributed by atoms with Gasteiger partial charge in [0.05, 0.1) is 26.4 Å². The van der Waals surface area contributed by atoms with Crippen molar-refractivity contribution in [3.8, 4) is 0 Å². The zero-order valence-electron chi connectivity index (χ0n) is 11.5. The van der Waals surface area contributed by atoms with Crippen molar-refractivity contribution in [3.63, 3.8) is 0 Å². The van der Waals surface area contributed by atoms with E-state index in [-0.39, 0.29) is 0 Å². The predicted octanol–water partition coefficient (Wildman–Crippen LogP) is 0.921. The largest absolute Gasteiger partial charge is 0.378 e. The van der Waals surface area contributed by atoms with Crippen LogP contribution < -0.4 is 0 Å². The summed E-state index contributed by atoms with van der Waals surface area (Å²) in [6, 6.07) is 0.583. The molecule has 0 atom stereocenters. The first-order valence-electron chi connectivity index (χ1n) is 6.04. The molecule has 0 rings (SSSR count). The minimum atomic E-state index is 0.583. The SMILES string of the molecule is CC(C)N(C)CCOCCOCCN(C)C. The van der Waals surface area contributed by atoms with E-state index >= 15 is 0 Å². The molecule has 0 N–H and O–H groups in total. The van der Waals surface area contributed by atoms with E-state index in [1.165, 1.54) is 0 Å². The molecule has 0 aliphatic heterocycles. The highest BCUT2D eigenvalue weighted by molar-refractivity contribution is 4.55. The third kappa shape index (κ3) is 10.4. The fraction of sp³-hybridized carbons (Fsp3) is 1.00. The lowest BCUT2D eigenvalue weighted by molar-refractivity contribution is 0.0344. The van der Waals surface area contributed by atoms with Crippen LogP contribution in [-0.4, -0.2) is 76.5 Å². The lowest BCUT2D eigenvalue weighted by Gasteiger charge is -2.20. The van der Waals surface area contributed by atoms with Crippen molar-refractivity contribution in [2.24, 2.45) is 0 Å². The second-order valence-corrected chi connectivity index (χ2v) is 4.60. The van der Waals surface area contributed by atoms with E-state index in [1.54, 1.807) is 0 Å². The van der Waals surface area contributed by atoms with Crippen molar-refractivity contribution >= 4 is 0 Å². The maximum absolute atomic E-state index is 5.48. The average Bonchev–Trinajstić information content (AvgIpc) is 2.21. The number of rotatable bonds is 10. The summed E-state index contributed by atoms with van der Waals surface area (Å²) in [5.41, 5.74) is 0. The first-order valence-corrected chi connectivity index (χ1v) is 6.04. The average molecular weight is 232 g/mol. The molecule has 0 aromatic rings. The van der Waals surface area contributed by atoms with E-state index in [0.717, 1.165) is 26.3 Å². The highest BCUT2D eigenvalue weighted by Gasteiger charge is 2.01. The van der Waals surface area contributed by atoms with Crippen LogP contribution in [0.2, 0.25) is 0 Å². The molecule has 4 heteroatoms. The maximum atomic E-state index is 5.48. The molecule has 0 saturated carbocycles. The third-order valence-electron chi connectivity index (χ3n) is 2.52. The Morgan fingerprint density at radius 2 is 1.31 bits per heavy atom. The molecule has 0 aliphatic carbocycles. The van der Waals surface area contributed by atoms with Crippen LogP contribution in [0.4, 0.5) is 0 Å². The molecule has 4 nitrogen and oxygen atoms in total. The van der Waals surface area contributed by atoms with Gasteiger partial charge in [-0.2, -0.15) is 0 Å². The van der Waals surface area contributed by atoms with E-state index < -0.39 is 0 Å². The number of ether oxygens (including phenoxy) is 2. The molecule has 0 aromatic heterocycles. The maximum Gasteiger partial charge on any atom is 0.0701 e. The van der Waals surface area contributed by atoms with E-state index in [9.17, 15) is 0 Å². The van der Waals surface area contributed by atoms with Gasteiger partial charge in [-0.25, -0.2) is 0 Å². The number of hydrogen-bond donors (Lipinski definition) is 0. The van der Waals surface area contributed by atoms with E-state index in [2.05, 4.69) is 30.7 Å². The fourth-order valence-electron chi connectivity index (χ4n) is 1.04. The molecule has 0 amide bonds. The van der Waals surface area contributed by atoms with Crippen molar-refractivity contribution < 1.29 is 9.47 Å². The molecule has 0 radical (unpaired) electrons. The topological polar surface area (TPSA) is 24.9 Å². The first-order chi connectivity index (χ1) is 7.54. The van der Waals surface area contributed by atoms with Gasteiger partial charge in [0.1, 0.15) is 0 Å². The van der Waals surface area contributed by atoms with Crippen molar-refractivity contribution in [2.75, 3.05) is 60.7 Å². The molecule has 0 saturated heterocycles. The van der Waals surface area contributed by atoms with E-state index in [1.807, 2.05) is 14.1 Å². The van der Waals surface area contributed by atoms with Gasteiger partial charge in [0.15, 0.2) is 0 Å². The Hall–Kier alpha value is -0.160. The highest BCUT2D eigenvalue weighted by atomic mass is 16.5. The molecule has 0 unspecified atom stereocenters. The Morgan fingerprint density at radius 1 is 0.812 bits per heavy atom. The van der Waals surface area contributed by atoms with Gasteiger partial charge in [0.2, 0.25) is 0 Å². The minimum absolute atomic E-state index is 0.583. The molecule has 0 bridgehead atoms. The molecule has 0 heterocycles. The Morgan fingerprint density at radius 3 is 1.75 bits per heavy atom. The van der Waals surface area contributed by atoms with Crippen LogP contribution in [0, 0.1) is 0 Å². The molecule has 0 fully saturated rings. The molecule has 0 aliphatic rings. The molecule has 98 valence electrons. The van der Waals surface area contributed by atoms with Crippen molar-refractivity contribution in [1.29, 1.82) is 0 Å². The lowest BCUT2D eigenvalue weighted by atomic mass is 10.3. The summed E-state index contributed by atoms with van der Waals surface area (Å²) >= 11 is 0. The first kappa shape index (κ1) is 15.8. The van der Waals surface area contributed by atoms with Crippen LogP contribution in [0.15, 0.2) is 0 Å². The van der Waals surface area contributed by atoms with Gasteiger partial charge in [-0.1, -0.05) is 0 Å². The Labute approximate surface area is 101 Å². The van der Waals surface area contributed by atoms with Crippen LogP contribution >= 0.6 is 0 Å². The summed E-state index contributed by atoms with van der Waals surface area (Å²) in [7, 11) is 6.20. The standard InChI is InChI=1S/C12H28N2O2/c1-12(2)14(5)7-9-16-11-10-15-8-6-13(3)4/h12H,6-11H2,1-5H3. The number of nitrogens with zero attached hydrogens (tertiary/aromatic N) is 2. The van der Waals surface area contributed by atoms with Crippen LogP contribution in [0.1, 0.15) is 13.8 Å². The van der Waals surface area contributed by atoms with Crippen LogP contribution in [0.3, 0.4) is 0 Å². The van der Waals surface area contributed by atoms with Crippen molar-refractivity contribution in [2.45, 2.75) is 19.9 Å². The molecule has 0 spiro atoms. The van der Waals surface area contributed by atoms with Crippen molar-refractivity contribution in [1.82, 2.24) is 9.80 Å². The molecule has 0 aromatic carbocycles. The smallest absolute Gasteiger partial charge is 0.0701 e. The van der Waals surface area contributed by atoms with Crippen LogP contribution in [0.25, 0.3) is 0 Å². The van der Waals surface area contributed by atoms with Crippen molar-refractivity contribution in [3.05, 3.63) is 0 Å². The zero-order valence-corrected chi connectivity index (χ0v) is 11.5. The molecule has 16 heavy (non-hydrogen) atoms. The van der Waals surface area contributed by atoms with Crippen LogP contribution in [0.5, 0.6) is 0 Å². The second kappa shape index (κ2) is 10.0. The highest BCUT2D eigenvalue weighted by Crippen LogP contribution is 1.92. The predicted molar refractivity (Wildman–Crippen MR) is 68.0 cm³/mol.